The molecule has 0 amide bonds. The van der Waals surface area contributed by atoms with Crippen LogP contribution in [0.4, 0.5) is 0 Å². The largest absolute Gasteiger partial charge is 1.00 e. The molecular formula is C29H39Ru. The van der Waals surface area contributed by atoms with Crippen LogP contribution in [0, 0.1) is 111 Å². The van der Waals surface area contributed by atoms with Gasteiger partial charge in [-0.3, -0.25) is 0 Å². The first-order valence-electron chi connectivity index (χ1n) is 8.38. The Morgan fingerprint density at radius 2 is 0.933 bits per heavy atom. The Morgan fingerprint density at radius 1 is 0.633 bits per heavy atom. The van der Waals surface area contributed by atoms with Crippen LogP contribution in [-0.2, 0) is 19.5 Å². The summed E-state index contributed by atoms with van der Waals surface area (Å²) in [6, 6.07) is 0. The topological polar surface area (TPSA) is 0 Å². The summed E-state index contributed by atoms with van der Waals surface area (Å²) in [5.74, 6) is 24.3. The fraction of sp³-hybridized carbons (Fsp3) is 0.414. The molecule has 1 aliphatic carbocycles. The Labute approximate surface area is 204 Å². The second-order valence-corrected chi connectivity index (χ2v) is 4.59. The molecule has 0 aromatic carbocycles. The van der Waals surface area contributed by atoms with E-state index in [0.717, 1.165) is 5.92 Å². The maximum Gasteiger partial charge on any atom is 1.00 e. The van der Waals surface area contributed by atoms with Gasteiger partial charge in [-0.2, -0.15) is 0 Å². The molecule has 0 aliphatic heterocycles. The zero-order chi connectivity index (χ0) is 22.2. The van der Waals surface area contributed by atoms with Gasteiger partial charge in [0.2, 0.25) is 0 Å². The van der Waals surface area contributed by atoms with E-state index in [1.165, 1.54) is 32.1 Å². The molecule has 0 nitrogen and oxygen atoms in total. The predicted octanol–water partition coefficient (Wildman–Crippen LogP) is 6.49. The quantitative estimate of drug-likeness (QED) is 0.208. The van der Waals surface area contributed by atoms with Crippen molar-refractivity contribution < 1.29 is 19.5 Å². The minimum absolute atomic E-state index is 0. The van der Waals surface area contributed by atoms with Crippen LogP contribution in [0.2, 0.25) is 0 Å². The van der Waals surface area contributed by atoms with Gasteiger partial charge >= 0.3 is 19.5 Å². The maximum absolute atomic E-state index is 4.72. The smallest absolute Gasteiger partial charge is 0.358 e. The van der Waals surface area contributed by atoms with Gasteiger partial charge in [0.15, 0.2) is 0 Å². The second kappa shape index (κ2) is 72.1. The van der Waals surface area contributed by atoms with Crippen molar-refractivity contribution in [1.82, 2.24) is 0 Å². The van der Waals surface area contributed by atoms with Crippen molar-refractivity contribution in [3.8, 4) is 97.7 Å². The molecule has 1 rings (SSSR count). The SMILES string of the molecule is C.C#C.C#CC.C#CC#CC.C#CC#CC#C.CC#CC.CC1CCCCC1.[CH3-].[Ru+]. The zero-order valence-electron chi connectivity index (χ0n) is 18.9. The molecule has 1 heteroatoms. The van der Waals surface area contributed by atoms with Gasteiger partial charge in [0.1, 0.15) is 0 Å². The van der Waals surface area contributed by atoms with Crippen LogP contribution in [-0.4, -0.2) is 0 Å². The Balaban J connectivity index is -0.0000000329. The molecular weight excluding hydrogens is 449 g/mol. The summed E-state index contributed by atoms with van der Waals surface area (Å²) in [6.45, 7) is 9.36. The Morgan fingerprint density at radius 3 is 1.03 bits per heavy atom. The number of hydrogen-bond acceptors (Lipinski definition) is 0. The van der Waals surface area contributed by atoms with Crippen molar-refractivity contribution in [3.63, 3.8) is 0 Å². The van der Waals surface area contributed by atoms with Gasteiger partial charge in [0, 0.05) is 0 Å². The number of rotatable bonds is 0. The fourth-order valence-electron chi connectivity index (χ4n) is 1.45. The molecule has 0 aromatic rings. The van der Waals surface area contributed by atoms with E-state index in [-0.39, 0.29) is 34.3 Å². The van der Waals surface area contributed by atoms with E-state index in [1.54, 1.807) is 13.8 Å². The molecule has 0 unspecified atom stereocenters. The molecule has 0 spiro atoms. The van der Waals surface area contributed by atoms with E-state index in [1.807, 2.05) is 13.8 Å². The van der Waals surface area contributed by atoms with Crippen molar-refractivity contribution in [2.45, 2.75) is 74.1 Å². The van der Waals surface area contributed by atoms with Gasteiger partial charge in [-0.1, -0.05) is 52.4 Å². The first-order chi connectivity index (χ1) is 13.1. The van der Waals surface area contributed by atoms with E-state index in [9.17, 15) is 0 Å². The van der Waals surface area contributed by atoms with Crippen molar-refractivity contribution in [2.75, 3.05) is 0 Å². The molecule has 0 N–H and O–H groups in total. The van der Waals surface area contributed by atoms with E-state index >= 15 is 0 Å². The average Bonchev–Trinajstić information content (AvgIpc) is 2.71. The summed E-state index contributed by atoms with van der Waals surface area (Å²) in [5, 5.41) is 0. The van der Waals surface area contributed by atoms with Gasteiger partial charge in [-0.25, -0.2) is 0 Å². The van der Waals surface area contributed by atoms with Crippen LogP contribution in [0.25, 0.3) is 0 Å². The van der Waals surface area contributed by atoms with Gasteiger partial charge in [0.25, 0.3) is 0 Å². The van der Waals surface area contributed by atoms with E-state index < -0.39 is 0 Å². The van der Waals surface area contributed by atoms with E-state index in [0.29, 0.717) is 0 Å². The molecule has 0 atom stereocenters. The van der Waals surface area contributed by atoms with Gasteiger partial charge in [-0.05, 0) is 69.1 Å². The molecule has 0 bridgehead atoms. The zero-order valence-corrected chi connectivity index (χ0v) is 20.7. The molecule has 0 heterocycles. The standard InChI is InChI=1S/C7H14.C6H2.C5H4.C4H6.C3H4.C2H2.CH4.CH3.Ru/c1-7-5-3-2-4-6-7;1-3-5-6-4-2;1-3-5-4-2;1-3-4-2;1-3-2;1-2;;;/h7H,2-6H2,1H3;1-2H;1H,2H3;1-2H3;1H,2H3;1-2H;1H4;1H3;/q;;;;;;;-1;+1. The van der Waals surface area contributed by atoms with Crippen molar-refractivity contribution >= 4 is 0 Å². The van der Waals surface area contributed by atoms with Gasteiger partial charge in [-0.15, -0.1) is 56.3 Å². The molecule has 0 saturated heterocycles. The van der Waals surface area contributed by atoms with Crippen LogP contribution < -0.4 is 0 Å². The van der Waals surface area contributed by atoms with Crippen molar-refractivity contribution in [3.05, 3.63) is 7.43 Å². The summed E-state index contributed by atoms with van der Waals surface area (Å²) >= 11 is 0. The van der Waals surface area contributed by atoms with Crippen molar-refractivity contribution in [1.29, 1.82) is 0 Å². The summed E-state index contributed by atoms with van der Waals surface area (Å²) in [4.78, 5) is 0. The summed E-state index contributed by atoms with van der Waals surface area (Å²) in [7, 11) is 0. The Bertz CT molecular complexity index is 629. The predicted molar refractivity (Wildman–Crippen MR) is 137 cm³/mol. The van der Waals surface area contributed by atoms with E-state index in [2.05, 4.69) is 85.4 Å². The third kappa shape index (κ3) is 118. The molecule has 30 heavy (non-hydrogen) atoms. The molecule has 1 fully saturated rings. The van der Waals surface area contributed by atoms with Crippen LogP contribution >= 0.6 is 0 Å². The normalized spacial score (nSPS) is 7.83. The summed E-state index contributed by atoms with van der Waals surface area (Å²) < 4.78 is 0. The van der Waals surface area contributed by atoms with Crippen LogP contribution in [0.1, 0.15) is 74.1 Å². The van der Waals surface area contributed by atoms with Crippen molar-refractivity contribution in [2.24, 2.45) is 5.92 Å². The minimum atomic E-state index is 0. The van der Waals surface area contributed by atoms with Gasteiger partial charge in [0.05, 0.1) is 0 Å². The molecule has 163 valence electrons. The number of terminal acetylenes is 5. The molecule has 0 aromatic heterocycles. The van der Waals surface area contributed by atoms with Gasteiger partial charge < -0.3 is 7.43 Å². The third-order valence-corrected chi connectivity index (χ3v) is 2.55. The molecule has 1 saturated carbocycles. The second-order valence-electron chi connectivity index (χ2n) is 4.59. The third-order valence-electron chi connectivity index (χ3n) is 2.55. The van der Waals surface area contributed by atoms with E-state index in [4.69, 9.17) is 19.3 Å². The van der Waals surface area contributed by atoms with Crippen LogP contribution in [0.5, 0.6) is 0 Å². The average molecular weight is 489 g/mol. The summed E-state index contributed by atoms with van der Waals surface area (Å²) in [5.41, 5.74) is 0. The first kappa shape index (κ1) is 50.6. The molecule has 1 aliphatic rings. The maximum atomic E-state index is 4.72. The number of hydrogen-bond donors (Lipinski definition) is 0. The fourth-order valence-corrected chi connectivity index (χ4v) is 1.45. The Kier molecular flexibility index (Phi) is 122. The van der Waals surface area contributed by atoms with Crippen LogP contribution in [0.3, 0.4) is 0 Å². The monoisotopic (exact) mass is 489 g/mol. The summed E-state index contributed by atoms with van der Waals surface area (Å²) in [6.07, 6.45) is 34.1. The minimum Gasteiger partial charge on any atom is -0.358 e. The molecule has 1 radical (unpaired) electrons. The Hall–Kier alpha value is -2.90. The van der Waals surface area contributed by atoms with Crippen LogP contribution in [0.15, 0.2) is 0 Å². The first-order valence-corrected chi connectivity index (χ1v) is 8.38.